The van der Waals surface area contributed by atoms with Gasteiger partial charge < -0.3 is 9.64 Å². The number of anilines is 1. The second kappa shape index (κ2) is 11.9. The molecule has 1 aliphatic heterocycles. The zero-order chi connectivity index (χ0) is 28.1. The average molecular weight is 542 g/mol. The number of H-pyrrole nitrogens is 1. The number of rotatable bonds is 10. The van der Waals surface area contributed by atoms with Gasteiger partial charge in [0.2, 0.25) is 5.95 Å². The van der Waals surface area contributed by atoms with Crippen molar-refractivity contribution in [2.75, 3.05) is 18.1 Å². The van der Waals surface area contributed by atoms with Gasteiger partial charge in [-0.3, -0.25) is 24.2 Å². The number of hydrogen-bond acceptors (Lipinski definition) is 9. The van der Waals surface area contributed by atoms with E-state index in [1.807, 2.05) is 56.4 Å². The summed E-state index contributed by atoms with van der Waals surface area (Å²) in [5.74, 6) is 0.468. The van der Waals surface area contributed by atoms with Gasteiger partial charge in [-0.15, -0.1) is 0 Å². The number of nitrogens with zero attached hydrogens (tertiary/aromatic N) is 6. The van der Waals surface area contributed by atoms with Crippen molar-refractivity contribution in [3.8, 4) is 28.4 Å². The molecule has 4 heterocycles. The summed E-state index contributed by atoms with van der Waals surface area (Å²) >= 11 is 0. The number of benzene rings is 1. The number of unbranched alkanes of at least 4 members (excludes halogenated alkanes) is 1. The summed E-state index contributed by atoms with van der Waals surface area (Å²) in [6, 6.07) is 11.3. The zero-order valence-electron chi connectivity index (χ0n) is 22.7. The van der Waals surface area contributed by atoms with Crippen molar-refractivity contribution in [1.82, 2.24) is 30.0 Å². The number of ether oxygens (including phenoxy) is 1. The van der Waals surface area contributed by atoms with Gasteiger partial charge in [-0.2, -0.15) is 0 Å². The number of hydrogen-bond donors (Lipinski definition) is 1. The number of carbonyl (C=O) groups is 1. The highest BCUT2D eigenvalue weighted by Crippen LogP contribution is 2.30. The number of aromatic nitrogens is 5. The molecule has 206 valence electrons. The third kappa shape index (κ3) is 5.63. The van der Waals surface area contributed by atoms with Crippen LogP contribution in [0.25, 0.3) is 22.6 Å². The Morgan fingerprint density at radius 2 is 1.77 bits per heavy atom. The Morgan fingerprint density at radius 1 is 1.00 bits per heavy atom. The first-order valence-corrected chi connectivity index (χ1v) is 13.3. The van der Waals surface area contributed by atoms with E-state index in [0.717, 1.165) is 30.5 Å². The predicted molar refractivity (Wildman–Crippen MR) is 149 cm³/mol. The number of pyridine rings is 1. The molecule has 0 radical (unpaired) electrons. The molecule has 1 aliphatic rings. The maximum absolute atomic E-state index is 13.7. The van der Waals surface area contributed by atoms with Gasteiger partial charge in [0.25, 0.3) is 5.91 Å². The first-order chi connectivity index (χ1) is 19.5. The van der Waals surface area contributed by atoms with Gasteiger partial charge in [-0.05, 0) is 31.9 Å². The number of amides is 1. The predicted octanol–water partition coefficient (Wildman–Crippen LogP) is 4.20. The van der Waals surface area contributed by atoms with Crippen LogP contribution in [0, 0.1) is 0 Å². The van der Waals surface area contributed by atoms with Gasteiger partial charge in [0.15, 0.2) is 11.6 Å². The summed E-state index contributed by atoms with van der Waals surface area (Å²) in [6.45, 7) is 7.34. The Morgan fingerprint density at radius 3 is 2.42 bits per heavy atom. The summed E-state index contributed by atoms with van der Waals surface area (Å²) in [6.07, 6.45) is 9.09. The van der Waals surface area contributed by atoms with Crippen LogP contribution in [0.4, 0.5) is 5.95 Å². The van der Waals surface area contributed by atoms with Crippen LogP contribution in [-0.4, -0.2) is 55.2 Å². The second-order valence-corrected chi connectivity index (χ2v) is 9.42. The van der Waals surface area contributed by atoms with E-state index in [1.165, 1.54) is 0 Å². The minimum atomic E-state index is -0.620. The SMILES string of the molecule is CCCCN1C=C(Cc2ccc(-c3ccccc3-c3noc(=O)[nH]3)nc2)C(=O)N(c2ncc(OCC)cn2)C1C. The Balaban J connectivity index is 1.41. The summed E-state index contributed by atoms with van der Waals surface area (Å²) in [4.78, 5) is 45.1. The zero-order valence-corrected chi connectivity index (χ0v) is 22.7. The van der Waals surface area contributed by atoms with Gasteiger partial charge >= 0.3 is 5.76 Å². The van der Waals surface area contributed by atoms with Crippen molar-refractivity contribution < 1.29 is 14.1 Å². The smallest absolute Gasteiger partial charge is 0.439 e. The fraction of sp³-hybridized carbons (Fsp3) is 0.310. The van der Waals surface area contributed by atoms with E-state index in [-0.39, 0.29) is 12.1 Å². The van der Waals surface area contributed by atoms with Gasteiger partial charge in [-0.1, -0.05) is 48.8 Å². The van der Waals surface area contributed by atoms with E-state index in [0.29, 0.717) is 47.4 Å². The molecule has 0 saturated heterocycles. The second-order valence-electron chi connectivity index (χ2n) is 9.42. The monoisotopic (exact) mass is 541 g/mol. The highest BCUT2D eigenvalue weighted by atomic mass is 16.5. The third-order valence-electron chi connectivity index (χ3n) is 6.70. The molecule has 0 fully saturated rings. The van der Waals surface area contributed by atoms with Gasteiger partial charge in [-0.25, -0.2) is 14.8 Å². The standard InChI is InChI=1S/C29H31N7O4/c1-4-6-13-35-18-21(27(37)36(19(35)3)28-31-16-22(17-32-28)39-5-2)14-20-11-12-25(30-15-20)23-9-7-8-10-24(23)26-33-29(38)40-34-26/h7-12,15-19H,4-6,13-14H2,1-3H3,(H,33,34,38). The first-order valence-electron chi connectivity index (χ1n) is 13.3. The van der Waals surface area contributed by atoms with Crippen LogP contribution >= 0.6 is 0 Å². The van der Waals surface area contributed by atoms with Crippen LogP contribution in [0.1, 0.15) is 39.2 Å². The summed E-state index contributed by atoms with van der Waals surface area (Å²) in [5, 5.41) is 3.81. The molecule has 1 N–H and O–H groups in total. The Hall–Kier alpha value is -4.80. The molecule has 11 nitrogen and oxygen atoms in total. The first kappa shape index (κ1) is 26.8. The van der Waals surface area contributed by atoms with Crippen LogP contribution in [0.3, 0.4) is 0 Å². The molecule has 1 aromatic carbocycles. The molecule has 0 bridgehead atoms. The largest absolute Gasteiger partial charge is 0.491 e. The van der Waals surface area contributed by atoms with Crippen LogP contribution in [-0.2, 0) is 11.2 Å². The number of aromatic amines is 1. The number of carbonyl (C=O) groups excluding carboxylic acids is 1. The lowest BCUT2D eigenvalue weighted by atomic mass is 10.0. The minimum absolute atomic E-state index is 0.145. The fourth-order valence-corrected chi connectivity index (χ4v) is 4.65. The van der Waals surface area contributed by atoms with Gasteiger partial charge in [0.1, 0.15) is 6.17 Å². The quantitative estimate of drug-likeness (QED) is 0.314. The summed E-state index contributed by atoms with van der Waals surface area (Å²) < 4.78 is 10.1. The van der Waals surface area contributed by atoms with Gasteiger partial charge in [0, 0.05) is 42.1 Å². The lowest BCUT2D eigenvalue weighted by molar-refractivity contribution is -0.117. The molecule has 1 amide bonds. The van der Waals surface area contributed by atoms with Crippen molar-refractivity contribution in [2.24, 2.45) is 0 Å². The number of nitrogens with one attached hydrogen (secondary N) is 1. The topological polar surface area (TPSA) is 130 Å². The lowest BCUT2D eigenvalue weighted by Crippen LogP contribution is -2.53. The van der Waals surface area contributed by atoms with E-state index < -0.39 is 5.76 Å². The highest BCUT2D eigenvalue weighted by molar-refractivity contribution is 6.06. The molecular formula is C29H31N7O4. The Labute approximate surface area is 231 Å². The van der Waals surface area contributed by atoms with E-state index in [9.17, 15) is 9.59 Å². The Bertz CT molecular complexity index is 1540. The third-order valence-corrected chi connectivity index (χ3v) is 6.70. The maximum Gasteiger partial charge on any atom is 0.439 e. The fourth-order valence-electron chi connectivity index (χ4n) is 4.65. The minimum Gasteiger partial charge on any atom is -0.491 e. The molecule has 5 rings (SSSR count). The normalized spacial score (nSPS) is 15.3. The summed E-state index contributed by atoms with van der Waals surface area (Å²) in [7, 11) is 0. The average Bonchev–Trinajstić information content (AvgIpc) is 3.41. The van der Waals surface area contributed by atoms with Crippen LogP contribution in [0.15, 0.2) is 76.1 Å². The molecule has 40 heavy (non-hydrogen) atoms. The van der Waals surface area contributed by atoms with Crippen molar-refractivity contribution in [3.05, 3.63) is 82.9 Å². The lowest BCUT2D eigenvalue weighted by Gasteiger charge is -2.40. The molecule has 0 spiro atoms. The molecule has 1 unspecified atom stereocenters. The van der Waals surface area contributed by atoms with E-state index in [1.54, 1.807) is 23.5 Å². The molecule has 11 heteroatoms. The van der Waals surface area contributed by atoms with Crippen molar-refractivity contribution >= 4 is 11.9 Å². The molecule has 0 saturated carbocycles. The molecule has 3 aromatic heterocycles. The van der Waals surface area contributed by atoms with Crippen molar-refractivity contribution in [3.63, 3.8) is 0 Å². The van der Waals surface area contributed by atoms with Crippen LogP contribution in [0.2, 0.25) is 0 Å². The van der Waals surface area contributed by atoms with Crippen molar-refractivity contribution in [2.45, 2.75) is 46.2 Å². The maximum atomic E-state index is 13.7. The van der Waals surface area contributed by atoms with E-state index in [2.05, 4.69) is 41.4 Å². The van der Waals surface area contributed by atoms with E-state index in [4.69, 9.17) is 4.74 Å². The molecule has 0 aliphatic carbocycles. The van der Waals surface area contributed by atoms with Crippen LogP contribution < -0.4 is 15.4 Å². The Kier molecular flexibility index (Phi) is 7.99. The van der Waals surface area contributed by atoms with E-state index >= 15 is 0 Å². The molecular weight excluding hydrogens is 510 g/mol. The van der Waals surface area contributed by atoms with Crippen molar-refractivity contribution in [1.29, 1.82) is 0 Å². The van der Waals surface area contributed by atoms with Crippen LogP contribution in [0.5, 0.6) is 5.75 Å². The molecule has 4 aromatic rings. The summed E-state index contributed by atoms with van der Waals surface area (Å²) in [5.41, 5.74) is 3.71. The molecule has 1 atom stereocenters. The highest BCUT2D eigenvalue weighted by Gasteiger charge is 2.34. The van der Waals surface area contributed by atoms with Gasteiger partial charge in [0.05, 0.1) is 24.7 Å².